The van der Waals surface area contributed by atoms with Gasteiger partial charge in [-0.3, -0.25) is 14.4 Å². The van der Waals surface area contributed by atoms with Gasteiger partial charge < -0.3 is 20.6 Å². The van der Waals surface area contributed by atoms with Gasteiger partial charge in [-0.2, -0.15) is 0 Å². The molecule has 0 aromatic carbocycles. The average molecular weight is 406 g/mol. The fourth-order valence-electron chi connectivity index (χ4n) is 4.44. The van der Waals surface area contributed by atoms with Gasteiger partial charge in [-0.1, -0.05) is 5.21 Å². The van der Waals surface area contributed by atoms with Gasteiger partial charge in [0, 0.05) is 39.6 Å². The van der Waals surface area contributed by atoms with Gasteiger partial charge >= 0.3 is 0 Å². The van der Waals surface area contributed by atoms with Gasteiger partial charge in [0.25, 0.3) is 11.9 Å². The van der Waals surface area contributed by atoms with E-state index in [4.69, 9.17) is 15.6 Å². The minimum atomic E-state index is -0.833. The third-order valence-electron chi connectivity index (χ3n) is 6.10. The number of nitrogens with two attached hydrogens (primary N) is 1. The third kappa shape index (κ3) is 4.92. The highest BCUT2D eigenvalue weighted by molar-refractivity contribution is 5.93. The number of carboxylic acid groups (broad SMARTS) is 1. The number of carboxylic acids is 1. The Morgan fingerprint density at radius 2 is 1.83 bits per heavy atom. The normalized spacial score (nSPS) is 29.1. The summed E-state index contributed by atoms with van der Waals surface area (Å²) in [4.78, 5) is 37.6. The Labute approximate surface area is 170 Å². The van der Waals surface area contributed by atoms with Gasteiger partial charge in [0.05, 0.1) is 18.2 Å². The zero-order valence-electron chi connectivity index (χ0n) is 17.0. The van der Waals surface area contributed by atoms with Gasteiger partial charge in [0.1, 0.15) is 0 Å². The second-order valence-corrected chi connectivity index (χ2v) is 8.30. The minimum Gasteiger partial charge on any atom is -0.481 e. The third-order valence-corrected chi connectivity index (χ3v) is 6.10. The van der Waals surface area contributed by atoms with E-state index in [1.54, 1.807) is 16.0 Å². The number of aromatic nitrogens is 3. The molecule has 1 aromatic heterocycles. The number of carbonyl (C=O) groups is 3. The standard InChI is InChI=1S/C17H26N6O2.C2H4O2/c1-21-7-6-11-8-22(9-14(11)16(21)24)17(25)15-10-23(20-19-15)13-4-2-12(18)3-5-13;1-2(3)4/h10-14H,2-9,18H2,1H3;1H3,(H,3,4)/t11-,12?,13?,14+;/m1./s1. The van der Waals surface area contributed by atoms with Gasteiger partial charge in [0.2, 0.25) is 5.91 Å². The molecule has 0 unspecified atom stereocenters. The van der Waals surface area contributed by atoms with E-state index in [1.807, 2.05) is 11.7 Å². The number of nitrogens with zero attached hydrogens (tertiary/aromatic N) is 5. The van der Waals surface area contributed by atoms with Crippen LogP contribution in [0.25, 0.3) is 0 Å². The Kier molecular flexibility index (Phi) is 6.51. The maximum absolute atomic E-state index is 12.8. The van der Waals surface area contributed by atoms with E-state index in [1.165, 1.54) is 0 Å². The van der Waals surface area contributed by atoms with Gasteiger partial charge in [-0.05, 0) is 38.0 Å². The summed E-state index contributed by atoms with van der Waals surface area (Å²) in [5.41, 5.74) is 6.34. The van der Waals surface area contributed by atoms with E-state index in [0.717, 1.165) is 45.6 Å². The molecular formula is C19H30N6O4. The van der Waals surface area contributed by atoms with Gasteiger partial charge in [-0.15, -0.1) is 5.10 Å². The molecule has 4 rings (SSSR count). The molecule has 3 aliphatic rings. The number of hydrogen-bond donors (Lipinski definition) is 2. The molecule has 3 heterocycles. The minimum absolute atomic E-state index is 0.0578. The molecule has 2 aliphatic heterocycles. The Bertz CT molecular complexity index is 754. The molecule has 0 bridgehead atoms. The monoisotopic (exact) mass is 406 g/mol. The number of rotatable bonds is 2. The molecule has 2 amide bonds. The molecule has 2 saturated heterocycles. The van der Waals surface area contributed by atoms with Crippen molar-refractivity contribution in [3.63, 3.8) is 0 Å². The van der Waals surface area contributed by atoms with Crippen molar-refractivity contribution < 1.29 is 19.5 Å². The largest absolute Gasteiger partial charge is 0.481 e. The lowest BCUT2D eigenvalue weighted by Gasteiger charge is -2.30. The number of piperidine rings is 1. The molecule has 2 atom stereocenters. The Hall–Kier alpha value is -2.49. The Morgan fingerprint density at radius 1 is 1.17 bits per heavy atom. The molecule has 1 aromatic rings. The summed E-state index contributed by atoms with van der Waals surface area (Å²) in [6.45, 7) is 3.01. The van der Waals surface area contributed by atoms with E-state index in [0.29, 0.717) is 18.8 Å². The van der Waals surface area contributed by atoms with E-state index < -0.39 is 5.97 Å². The van der Waals surface area contributed by atoms with Crippen LogP contribution in [0.2, 0.25) is 0 Å². The van der Waals surface area contributed by atoms with Crippen molar-refractivity contribution in [2.24, 2.45) is 17.6 Å². The lowest BCUT2D eigenvalue weighted by molar-refractivity contribution is -0.138. The van der Waals surface area contributed by atoms with Crippen LogP contribution in [0.3, 0.4) is 0 Å². The molecule has 160 valence electrons. The highest BCUT2D eigenvalue weighted by Gasteiger charge is 2.43. The Balaban J connectivity index is 0.000000552. The van der Waals surface area contributed by atoms with Crippen molar-refractivity contribution in [1.82, 2.24) is 24.8 Å². The summed E-state index contributed by atoms with van der Waals surface area (Å²) in [6.07, 6.45) is 6.66. The summed E-state index contributed by atoms with van der Waals surface area (Å²) < 4.78 is 1.82. The van der Waals surface area contributed by atoms with Crippen LogP contribution in [0.4, 0.5) is 0 Å². The SMILES string of the molecule is CC(=O)O.CN1CC[C@@H]2CN(C(=O)c3cn(C4CCC(N)CC4)nn3)C[C@@H]2C1=O. The lowest BCUT2D eigenvalue weighted by Crippen LogP contribution is -2.42. The predicted octanol–water partition coefficient (Wildman–Crippen LogP) is 0.362. The first-order valence-electron chi connectivity index (χ1n) is 10.2. The van der Waals surface area contributed by atoms with Crippen LogP contribution in [-0.4, -0.2) is 80.4 Å². The first-order valence-corrected chi connectivity index (χ1v) is 10.2. The topological polar surface area (TPSA) is 135 Å². The molecule has 0 spiro atoms. The maximum atomic E-state index is 12.8. The number of amides is 2. The maximum Gasteiger partial charge on any atom is 0.300 e. The average Bonchev–Trinajstić information content (AvgIpc) is 3.32. The zero-order chi connectivity index (χ0) is 21.1. The molecule has 10 heteroatoms. The first kappa shape index (κ1) is 21.2. The molecule has 3 fully saturated rings. The molecule has 1 aliphatic carbocycles. The number of carbonyl (C=O) groups excluding carboxylic acids is 2. The number of likely N-dealkylation sites (tertiary alicyclic amines) is 2. The van der Waals surface area contributed by atoms with Gasteiger partial charge in [0.15, 0.2) is 5.69 Å². The van der Waals surface area contributed by atoms with Crippen LogP contribution in [0.1, 0.15) is 55.6 Å². The molecular weight excluding hydrogens is 376 g/mol. The van der Waals surface area contributed by atoms with Crippen molar-refractivity contribution >= 4 is 17.8 Å². The molecule has 0 radical (unpaired) electrons. The molecule has 1 saturated carbocycles. The summed E-state index contributed by atoms with van der Waals surface area (Å²) in [6, 6.07) is 0.565. The second kappa shape index (κ2) is 8.89. The zero-order valence-corrected chi connectivity index (χ0v) is 17.0. The predicted molar refractivity (Wildman–Crippen MR) is 104 cm³/mol. The fourth-order valence-corrected chi connectivity index (χ4v) is 4.44. The summed E-state index contributed by atoms with van der Waals surface area (Å²) in [5, 5.41) is 15.7. The van der Waals surface area contributed by atoms with Crippen LogP contribution < -0.4 is 5.73 Å². The molecule has 29 heavy (non-hydrogen) atoms. The lowest BCUT2D eigenvalue weighted by atomic mass is 9.88. The number of hydrogen-bond acceptors (Lipinski definition) is 6. The smallest absolute Gasteiger partial charge is 0.300 e. The fraction of sp³-hybridized carbons (Fsp3) is 0.737. The van der Waals surface area contributed by atoms with Crippen molar-refractivity contribution in [2.45, 2.75) is 51.1 Å². The van der Waals surface area contributed by atoms with Crippen LogP contribution in [0, 0.1) is 11.8 Å². The van der Waals surface area contributed by atoms with Gasteiger partial charge in [-0.25, -0.2) is 4.68 Å². The number of aliphatic carboxylic acids is 1. The van der Waals surface area contributed by atoms with Crippen molar-refractivity contribution in [2.75, 3.05) is 26.7 Å². The second-order valence-electron chi connectivity index (χ2n) is 8.30. The summed E-state index contributed by atoms with van der Waals surface area (Å²) in [7, 11) is 1.84. The highest BCUT2D eigenvalue weighted by Crippen LogP contribution is 2.32. The first-order chi connectivity index (χ1) is 13.8. The van der Waals surface area contributed by atoms with E-state index in [2.05, 4.69) is 10.3 Å². The van der Waals surface area contributed by atoms with Crippen molar-refractivity contribution in [1.29, 1.82) is 0 Å². The van der Waals surface area contributed by atoms with E-state index in [9.17, 15) is 9.59 Å². The van der Waals surface area contributed by atoms with E-state index in [-0.39, 0.29) is 35.7 Å². The Morgan fingerprint density at radius 3 is 2.48 bits per heavy atom. The molecule has 10 nitrogen and oxygen atoms in total. The van der Waals surface area contributed by atoms with Crippen molar-refractivity contribution in [3.8, 4) is 0 Å². The van der Waals surface area contributed by atoms with Crippen LogP contribution in [0.5, 0.6) is 0 Å². The van der Waals surface area contributed by atoms with Crippen LogP contribution >= 0.6 is 0 Å². The number of fused-ring (bicyclic) bond motifs is 1. The molecule has 3 N–H and O–H groups in total. The van der Waals surface area contributed by atoms with E-state index >= 15 is 0 Å². The summed E-state index contributed by atoms with van der Waals surface area (Å²) in [5.74, 6) is -0.558. The van der Waals surface area contributed by atoms with Crippen LogP contribution in [-0.2, 0) is 9.59 Å². The summed E-state index contributed by atoms with van der Waals surface area (Å²) >= 11 is 0. The van der Waals surface area contributed by atoms with Crippen LogP contribution in [0.15, 0.2) is 6.20 Å². The quantitative estimate of drug-likeness (QED) is 0.724. The highest BCUT2D eigenvalue weighted by atomic mass is 16.4. The van der Waals surface area contributed by atoms with Crippen molar-refractivity contribution in [3.05, 3.63) is 11.9 Å².